The molecule has 0 radical (unpaired) electrons. The summed E-state index contributed by atoms with van der Waals surface area (Å²) in [6.07, 6.45) is 0.749. The number of ether oxygens (including phenoxy) is 2. The standard InChI is InChI=1S/C14H16N2O3/c1-9-11(4-5-15)14(19-16-9)10-2-3-12-13(8-10)18-7-6-17-12/h2-3,8H,4-7,15H2,1H3. The average Bonchev–Trinajstić information content (AvgIpc) is 2.80. The van der Waals surface area contributed by atoms with Crippen LogP contribution in [0.2, 0.25) is 0 Å². The second-order valence-electron chi connectivity index (χ2n) is 4.47. The second-order valence-corrected chi connectivity index (χ2v) is 4.47. The van der Waals surface area contributed by atoms with Crippen molar-refractivity contribution in [1.82, 2.24) is 5.16 Å². The van der Waals surface area contributed by atoms with Gasteiger partial charge < -0.3 is 19.7 Å². The van der Waals surface area contributed by atoms with Crippen molar-refractivity contribution in [2.75, 3.05) is 19.8 Å². The molecule has 19 heavy (non-hydrogen) atoms. The number of benzene rings is 1. The van der Waals surface area contributed by atoms with Crippen molar-refractivity contribution in [3.05, 3.63) is 29.5 Å². The summed E-state index contributed by atoms with van der Waals surface area (Å²) in [5.41, 5.74) is 8.51. The Hall–Kier alpha value is -2.01. The summed E-state index contributed by atoms with van der Waals surface area (Å²) in [4.78, 5) is 0. The van der Waals surface area contributed by atoms with E-state index in [9.17, 15) is 0 Å². The second kappa shape index (κ2) is 4.93. The van der Waals surface area contributed by atoms with E-state index in [0.717, 1.165) is 40.5 Å². The highest BCUT2D eigenvalue weighted by Crippen LogP contribution is 2.36. The maximum atomic E-state index is 5.63. The molecule has 0 atom stereocenters. The van der Waals surface area contributed by atoms with Crippen LogP contribution >= 0.6 is 0 Å². The van der Waals surface area contributed by atoms with E-state index in [4.69, 9.17) is 19.7 Å². The summed E-state index contributed by atoms with van der Waals surface area (Å²) in [7, 11) is 0. The predicted molar refractivity (Wildman–Crippen MR) is 70.4 cm³/mol. The van der Waals surface area contributed by atoms with Gasteiger partial charge in [-0.3, -0.25) is 0 Å². The highest BCUT2D eigenvalue weighted by molar-refractivity contribution is 5.66. The summed E-state index contributed by atoms with van der Waals surface area (Å²) in [5.74, 6) is 2.28. The van der Waals surface area contributed by atoms with Gasteiger partial charge in [-0.1, -0.05) is 5.16 Å². The lowest BCUT2D eigenvalue weighted by molar-refractivity contribution is 0.171. The Morgan fingerprint density at radius 1 is 1.21 bits per heavy atom. The molecule has 1 aromatic heterocycles. The molecule has 2 N–H and O–H groups in total. The number of aromatic nitrogens is 1. The van der Waals surface area contributed by atoms with Gasteiger partial charge in [0.2, 0.25) is 0 Å². The molecule has 3 rings (SSSR count). The Balaban J connectivity index is 2.02. The first kappa shape index (κ1) is 12.0. The van der Waals surface area contributed by atoms with Crippen LogP contribution in [0.4, 0.5) is 0 Å². The van der Waals surface area contributed by atoms with Gasteiger partial charge in [0.1, 0.15) is 13.2 Å². The van der Waals surface area contributed by atoms with E-state index in [0.29, 0.717) is 19.8 Å². The summed E-state index contributed by atoms with van der Waals surface area (Å²) in [6, 6.07) is 5.77. The SMILES string of the molecule is Cc1noc(-c2ccc3c(c2)OCCO3)c1CCN. The summed E-state index contributed by atoms with van der Waals surface area (Å²) in [6.45, 7) is 3.66. The molecule has 5 nitrogen and oxygen atoms in total. The van der Waals surface area contributed by atoms with Crippen LogP contribution < -0.4 is 15.2 Å². The molecule has 0 saturated carbocycles. The van der Waals surface area contributed by atoms with Crippen LogP contribution in [-0.4, -0.2) is 24.9 Å². The minimum atomic E-state index is 0.569. The Labute approximate surface area is 111 Å². The van der Waals surface area contributed by atoms with E-state index < -0.39 is 0 Å². The Bertz CT molecular complexity index is 592. The molecule has 100 valence electrons. The van der Waals surface area contributed by atoms with E-state index in [1.807, 2.05) is 25.1 Å². The lowest BCUT2D eigenvalue weighted by Gasteiger charge is -2.18. The molecular formula is C14H16N2O3. The molecule has 1 aromatic carbocycles. The Morgan fingerprint density at radius 3 is 2.79 bits per heavy atom. The Morgan fingerprint density at radius 2 is 2.00 bits per heavy atom. The van der Waals surface area contributed by atoms with Crippen LogP contribution in [-0.2, 0) is 6.42 Å². The first-order valence-electron chi connectivity index (χ1n) is 6.35. The van der Waals surface area contributed by atoms with Gasteiger partial charge >= 0.3 is 0 Å². The molecule has 0 unspecified atom stereocenters. The van der Waals surface area contributed by atoms with E-state index >= 15 is 0 Å². The van der Waals surface area contributed by atoms with Crippen LogP contribution in [0.25, 0.3) is 11.3 Å². The molecule has 0 bridgehead atoms. The van der Waals surface area contributed by atoms with E-state index in [2.05, 4.69) is 5.16 Å². The third-order valence-corrected chi connectivity index (χ3v) is 3.18. The van der Waals surface area contributed by atoms with Gasteiger partial charge in [0, 0.05) is 11.1 Å². The third kappa shape index (κ3) is 2.17. The van der Waals surface area contributed by atoms with Crippen LogP contribution in [0.1, 0.15) is 11.3 Å². The van der Waals surface area contributed by atoms with Crippen LogP contribution in [0.15, 0.2) is 22.7 Å². The maximum Gasteiger partial charge on any atom is 0.170 e. The number of rotatable bonds is 3. The van der Waals surface area contributed by atoms with Crippen molar-refractivity contribution in [2.24, 2.45) is 5.73 Å². The third-order valence-electron chi connectivity index (χ3n) is 3.18. The van der Waals surface area contributed by atoms with Crippen molar-refractivity contribution in [1.29, 1.82) is 0 Å². The van der Waals surface area contributed by atoms with Gasteiger partial charge in [0.25, 0.3) is 0 Å². The zero-order chi connectivity index (χ0) is 13.2. The normalized spacial score (nSPS) is 13.6. The minimum Gasteiger partial charge on any atom is -0.486 e. The smallest absolute Gasteiger partial charge is 0.170 e. The van der Waals surface area contributed by atoms with Crippen molar-refractivity contribution in [3.8, 4) is 22.8 Å². The van der Waals surface area contributed by atoms with Crippen LogP contribution in [0, 0.1) is 6.92 Å². The molecule has 1 aliphatic heterocycles. The minimum absolute atomic E-state index is 0.569. The number of nitrogens with two attached hydrogens (primary N) is 1. The largest absolute Gasteiger partial charge is 0.486 e. The summed E-state index contributed by atoms with van der Waals surface area (Å²) < 4.78 is 16.5. The molecular weight excluding hydrogens is 244 g/mol. The van der Waals surface area contributed by atoms with Crippen LogP contribution in [0.5, 0.6) is 11.5 Å². The lowest BCUT2D eigenvalue weighted by Crippen LogP contribution is -2.15. The number of nitrogens with zero attached hydrogens (tertiary/aromatic N) is 1. The van der Waals surface area contributed by atoms with Crippen molar-refractivity contribution >= 4 is 0 Å². The molecule has 0 aliphatic carbocycles. The summed E-state index contributed by atoms with van der Waals surface area (Å²) >= 11 is 0. The first-order valence-corrected chi connectivity index (χ1v) is 6.35. The van der Waals surface area contributed by atoms with Gasteiger partial charge in [-0.25, -0.2) is 0 Å². The Kier molecular flexibility index (Phi) is 3.13. The highest BCUT2D eigenvalue weighted by Gasteiger charge is 2.18. The van der Waals surface area contributed by atoms with E-state index in [1.54, 1.807) is 0 Å². The van der Waals surface area contributed by atoms with Gasteiger partial charge in [-0.15, -0.1) is 0 Å². The molecule has 0 saturated heterocycles. The molecule has 0 fully saturated rings. The number of fused-ring (bicyclic) bond motifs is 1. The zero-order valence-electron chi connectivity index (χ0n) is 10.8. The maximum absolute atomic E-state index is 5.63. The van der Waals surface area contributed by atoms with Crippen LogP contribution in [0.3, 0.4) is 0 Å². The average molecular weight is 260 g/mol. The zero-order valence-corrected chi connectivity index (χ0v) is 10.8. The fraction of sp³-hybridized carbons (Fsp3) is 0.357. The fourth-order valence-corrected chi connectivity index (χ4v) is 2.24. The van der Waals surface area contributed by atoms with E-state index in [1.165, 1.54) is 0 Å². The van der Waals surface area contributed by atoms with Gasteiger partial charge in [-0.2, -0.15) is 0 Å². The van der Waals surface area contributed by atoms with Crippen molar-refractivity contribution in [2.45, 2.75) is 13.3 Å². The quantitative estimate of drug-likeness (QED) is 0.913. The van der Waals surface area contributed by atoms with Gasteiger partial charge in [0.15, 0.2) is 17.3 Å². The van der Waals surface area contributed by atoms with Crippen molar-refractivity contribution in [3.63, 3.8) is 0 Å². The topological polar surface area (TPSA) is 70.5 Å². The number of hydrogen-bond donors (Lipinski definition) is 1. The van der Waals surface area contributed by atoms with Gasteiger partial charge in [0.05, 0.1) is 5.69 Å². The molecule has 0 amide bonds. The molecule has 0 spiro atoms. The molecule has 5 heteroatoms. The molecule has 1 aliphatic rings. The molecule has 2 heterocycles. The number of aryl methyl sites for hydroxylation is 1. The summed E-state index contributed by atoms with van der Waals surface area (Å²) in [5, 5.41) is 4.02. The van der Waals surface area contributed by atoms with E-state index in [-0.39, 0.29) is 0 Å². The highest BCUT2D eigenvalue weighted by atomic mass is 16.6. The fourth-order valence-electron chi connectivity index (χ4n) is 2.24. The predicted octanol–water partition coefficient (Wildman–Crippen LogP) is 1.92. The first-order chi connectivity index (χ1) is 9.29. The number of hydrogen-bond acceptors (Lipinski definition) is 5. The molecule has 2 aromatic rings. The van der Waals surface area contributed by atoms with Gasteiger partial charge in [-0.05, 0) is 38.1 Å². The monoisotopic (exact) mass is 260 g/mol. The lowest BCUT2D eigenvalue weighted by atomic mass is 10.0. The van der Waals surface area contributed by atoms with Crippen molar-refractivity contribution < 1.29 is 14.0 Å².